The summed E-state index contributed by atoms with van der Waals surface area (Å²) in [5.41, 5.74) is 0. The van der Waals surface area contributed by atoms with Crippen molar-refractivity contribution in [3.05, 3.63) is 0 Å². The highest BCUT2D eigenvalue weighted by Crippen LogP contribution is 1.91. The zero-order chi connectivity index (χ0) is 10.4. The van der Waals surface area contributed by atoms with Gasteiger partial charge in [0.05, 0.1) is 14.2 Å². The molecule has 0 heterocycles. The lowest BCUT2D eigenvalue weighted by atomic mass is 10.3. The summed E-state index contributed by atoms with van der Waals surface area (Å²) in [7, 11) is 4.05. The molecule has 0 aromatic heterocycles. The Labute approximate surface area is 76.7 Å². The van der Waals surface area contributed by atoms with Crippen molar-refractivity contribution in [1.29, 1.82) is 0 Å². The van der Waals surface area contributed by atoms with Gasteiger partial charge in [-0.3, -0.25) is 9.63 Å². The summed E-state index contributed by atoms with van der Waals surface area (Å²) in [6.07, 6.45) is -0.648. The van der Waals surface area contributed by atoms with Crippen molar-refractivity contribution in [2.45, 2.75) is 13.0 Å². The number of amides is 2. The van der Waals surface area contributed by atoms with E-state index in [-0.39, 0.29) is 5.91 Å². The van der Waals surface area contributed by atoms with Gasteiger partial charge >= 0.3 is 6.09 Å². The molecule has 76 valence electrons. The summed E-state index contributed by atoms with van der Waals surface area (Å²) in [4.78, 5) is 26.6. The third-order valence-electron chi connectivity index (χ3n) is 1.47. The largest absolute Gasteiger partial charge is 0.453 e. The third kappa shape index (κ3) is 3.75. The summed E-state index contributed by atoms with van der Waals surface area (Å²) >= 11 is 0. The Morgan fingerprint density at radius 3 is 2.31 bits per heavy atom. The van der Waals surface area contributed by atoms with Gasteiger partial charge < -0.3 is 10.1 Å². The van der Waals surface area contributed by atoms with E-state index in [0.29, 0.717) is 0 Å². The van der Waals surface area contributed by atoms with Gasteiger partial charge in [0.1, 0.15) is 6.04 Å². The molecule has 0 bridgehead atoms. The molecule has 1 unspecified atom stereocenters. The molecule has 1 N–H and O–H groups in total. The van der Waals surface area contributed by atoms with Crippen LogP contribution in [0.3, 0.4) is 0 Å². The minimum absolute atomic E-state index is 0.354. The Hall–Kier alpha value is -1.30. The predicted octanol–water partition coefficient (Wildman–Crippen LogP) is -0.249. The quantitative estimate of drug-likeness (QED) is 0.623. The molecule has 0 rings (SSSR count). The van der Waals surface area contributed by atoms with Crippen molar-refractivity contribution >= 4 is 12.0 Å². The van der Waals surface area contributed by atoms with Gasteiger partial charge in [-0.1, -0.05) is 0 Å². The molecule has 0 radical (unpaired) electrons. The summed E-state index contributed by atoms with van der Waals surface area (Å²) in [6, 6.07) is -0.669. The molecule has 0 aromatic rings. The fraction of sp³-hybridized carbons (Fsp3) is 0.714. The van der Waals surface area contributed by atoms with Crippen molar-refractivity contribution in [2.24, 2.45) is 0 Å². The van der Waals surface area contributed by atoms with E-state index in [1.165, 1.54) is 28.2 Å². The predicted molar refractivity (Wildman–Crippen MR) is 44.8 cm³/mol. The normalized spacial score (nSPS) is 11.7. The van der Waals surface area contributed by atoms with Gasteiger partial charge in [-0.15, -0.1) is 0 Å². The maximum Gasteiger partial charge on any atom is 0.407 e. The molecule has 6 nitrogen and oxygen atoms in total. The Morgan fingerprint density at radius 2 is 1.92 bits per heavy atom. The monoisotopic (exact) mass is 190 g/mol. The highest BCUT2D eigenvalue weighted by Gasteiger charge is 2.19. The highest BCUT2D eigenvalue weighted by molar-refractivity contribution is 5.84. The first-order valence-electron chi connectivity index (χ1n) is 3.69. The molecule has 0 fully saturated rings. The van der Waals surface area contributed by atoms with Crippen LogP contribution in [0, 0.1) is 0 Å². The van der Waals surface area contributed by atoms with Crippen molar-refractivity contribution in [3.8, 4) is 0 Å². The van der Waals surface area contributed by atoms with E-state index in [2.05, 4.69) is 14.9 Å². The van der Waals surface area contributed by atoms with Gasteiger partial charge in [0.2, 0.25) is 0 Å². The number of carbonyl (C=O) groups is 2. The second kappa shape index (κ2) is 5.36. The minimum Gasteiger partial charge on any atom is -0.453 e. The van der Waals surface area contributed by atoms with E-state index in [0.717, 1.165) is 5.06 Å². The van der Waals surface area contributed by atoms with E-state index in [4.69, 9.17) is 0 Å². The second-order valence-electron chi connectivity index (χ2n) is 2.38. The Kier molecular flexibility index (Phi) is 4.83. The summed E-state index contributed by atoms with van der Waals surface area (Å²) in [5, 5.41) is 3.34. The number of hydrogen-bond donors (Lipinski definition) is 1. The molecule has 0 aliphatic heterocycles. The number of hydroxylamine groups is 2. The Bertz CT molecular complexity index is 195. The molecular weight excluding hydrogens is 176 g/mol. The lowest BCUT2D eigenvalue weighted by Gasteiger charge is -2.18. The molecule has 0 aliphatic rings. The van der Waals surface area contributed by atoms with Gasteiger partial charge in [0.25, 0.3) is 5.91 Å². The highest BCUT2D eigenvalue weighted by atomic mass is 16.7. The van der Waals surface area contributed by atoms with Crippen LogP contribution >= 0.6 is 0 Å². The van der Waals surface area contributed by atoms with Crippen molar-refractivity contribution < 1.29 is 19.2 Å². The van der Waals surface area contributed by atoms with Crippen LogP contribution in [-0.4, -0.2) is 44.4 Å². The molecule has 0 aromatic carbocycles. The van der Waals surface area contributed by atoms with E-state index in [1.54, 1.807) is 0 Å². The number of ether oxygens (including phenoxy) is 1. The minimum atomic E-state index is -0.669. The molecular formula is C7H14N2O4. The molecule has 13 heavy (non-hydrogen) atoms. The SMILES string of the molecule is COC(=O)NC(C)C(=O)N(C)OC. The van der Waals surface area contributed by atoms with Crippen LogP contribution in [0.2, 0.25) is 0 Å². The molecule has 0 saturated carbocycles. The van der Waals surface area contributed by atoms with E-state index >= 15 is 0 Å². The third-order valence-corrected chi connectivity index (χ3v) is 1.47. The number of alkyl carbamates (subject to hydrolysis) is 1. The molecule has 1 atom stereocenters. The van der Waals surface area contributed by atoms with Crippen molar-refractivity contribution in [3.63, 3.8) is 0 Å². The van der Waals surface area contributed by atoms with Crippen molar-refractivity contribution in [1.82, 2.24) is 10.4 Å². The van der Waals surface area contributed by atoms with Crippen LogP contribution in [0.4, 0.5) is 4.79 Å². The van der Waals surface area contributed by atoms with E-state index in [1.807, 2.05) is 0 Å². The average Bonchev–Trinajstić information content (AvgIpc) is 2.14. The lowest BCUT2D eigenvalue weighted by Crippen LogP contribution is -2.45. The first-order valence-corrected chi connectivity index (χ1v) is 3.69. The fourth-order valence-corrected chi connectivity index (χ4v) is 0.660. The number of rotatable bonds is 3. The summed E-state index contributed by atoms with van der Waals surface area (Å²) in [5.74, 6) is -0.354. The van der Waals surface area contributed by atoms with Gasteiger partial charge in [-0.05, 0) is 6.92 Å². The van der Waals surface area contributed by atoms with Crippen LogP contribution in [0.5, 0.6) is 0 Å². The molecule has 6 heteroatoms. The van der Waals surface area contributed by atoms with Gasteiger partial charge in [-0.2, -0.15) is 0 Å². The van der Waals surface area contributed by atoms with E-state index in [9.17, 15) is 9.59 Å². The number of nitrogens with zero attached hydrogens (tertiary/aromatic N) is 1. The maximum absolute atomic E-state index is 11.3. The lowest BCUT2D eigenvalue weighted by molar-refractivity contribution is -0.170. The molecule has 2 amide bonds. The smallest absolute Gasteiger partial charge is 0.407 e. The second-order valence-corrected chi connectivity index (χ2v) is 2.38. The van der Waals surface area contributed by atoms with Crippen LogP contribution in [0.15, 0.2) is 0 Å². The maximum atomic E-state index is 11.3. The van der Waals surface area contributed by atoms with Crippen LogP contribution in [0.25, 0.3) is 0 Å². The standard InChI is InChI=1S/C7H14N2O4/c1-5(8-7(11)12-3)6(10)9(2)13-4/h5H,1-4H3,(H,8,11). The van der Waals surface area contributed by atoms with Crippen LogP contribution < -0.4 is 5.32 Å². The fourth-order valence-electron chi connectivity index (χ4n) is 0.660. The topological polar surface area (TPSA) is 67.9 Å². The number of likely N-dealkylation sites (N-methyl/N-ethyl adjacent to an activating group) is 1. The summed E-state index contributed by atoms with van der Waals surface area (Å²) < 4.78 is 4.32. The van der Waals surface area contributed by atoms with Crippen LogP contribution in [-0.2, 0) is 14.4 Å². The average molecular weight is 190 g/mol. The molecule has 0 spiro atoms. The Balaban J connectivity index is 4.03. The zero-order valence-electron chi connectivity index (χ0n) is 8.16. The molecule has 0 aliphatic carbocycles. The van der Waals surface area contributed by atoms with Gasteiger partial charge in [0.15, 0.2) is 0 Å². The van der Waals surface area contributed by atoms with Gasteiger partial charge in [0, 0.05) is 7.05 Å². The van der Waals surface area contributed by atoms with Crippen LogP contribution in [0.1, 0.15) is 6.92 Å². The number of nitrogens with one attached hydrogen (secondary N) is 1. The zero-order valence-corrected chi connectivity index (χ0v) is 8.16. The number of methoxy groups -OCH3 is 1. The summed E-state index contributed by atoms with van der Waals surface area (Å²) in [6.45, 7) is 1.54. The first kappa shape index (κ1) is 11.7. The molecule has 0 saturated heterocycles. The van der Waals surface area contributed by atoms with E-state index < -0.39 is 12.1 Å². The first-order chi connectivity index (χ1) is 6.02. The van der Waals surface area contributed by atoms with Crippen molar-refractivity contribution in [2.75, 3.05) is 21.3 Å². The van der Waals surface area contributed by atoms with Gasteiger partial charge in [-0.25, -0.2) is 9.86 Å². The number of hydrogen-bond acceptors (Lipinski definition) is 4. The number of carbonyl (C=O) groups excluding carboxylic acids is 2. The Morgan fingerprint density at radius 1 is 1.38 bits per heavy atom.